The van der Waals surface area contributed by atoms with Crippen molar-refractivity contribution in [3.8, 4) is 0 Å². The molecule has 1 aromatic carbocycles. The maximum absolute atomic E-state index is 12.1. The maximum atomic E-state index is 12.1. The predicted octanol–water partition coefficient (Wildman–Crippen LogP) is 2.84. The number of hydrogen-bond acceptors (Lipinski definition) is 3. The summed E-state index contributed by atoms with van der Waals surface area (Å²) in [6.07, 6.45) is 5.70. The molecule has 0 bridgehead atoms. The highest BCUT2D eigenvalue weighted by molar-refractivity contribution is 5.79. The number of benzene rings is 1. The molecule has 140 valence electrons. The number of fused-ring (bicyclic) bond motifs is 1. The maximum Gasteiger partial charge on any atom is 0.251 e. The van der Waals surface area contributed by atoms with Gasteiger partial charge in [0.05, 0.1) is 0 Å². The zero-order chi connectivity index (χ0) is 18.4. The van der Waals surface area contributed by atoms with Crippen molar-refractivity contribution in [1.29, 1.82) is 0 Å². The molecule has 1 fully saturated rings. The topological polar surface area (TPSA) is 65.2 Å². The van der Waals surface area contributed by atoms with Crippen LogP contribution >= 0.6 is 0 Å². The molecule has 2 aromatic rings. The van der Waals surface area contributed by atoms with Crippen molar-refractivity contribution in [3.63, 3.8) is 0 Å². The van der Waals surface area contributed by atoms with Crippen LogP contribution in [0.5, 0.6) is 0 Å². The molecule has 5 nitrogen and oxygen atoms in total. The van der Waals surface area contributed by atoms with Crippen LogP contribution in [0.4, 0.5) is 0 Å². The van der Waals surface area contributed by atoms with Crippen LogP contribution in [-0.4, -0.2) is 41.5 Å². The van der Waals surface area contributed by atoms with Gasteiger partial charge in [0.1, 0.15) is 0 Å². The number of pyridine rings is 1. The van der Waals surface area contributed by atoms with Crippen LogP contribution in [0.2, 0.25) is 0 Å². The molecule has 0 unspecified atom stereocenters. The van der Waals surface area contributed by atoms with Crippen molar-refractivity contribution in [3.05, 3.63) is 46.2 Å². The summed E-state index contributed by atoms with van der Waals surface area (Å²) < 4.78 is 0. The Morgan fingerprint density at radius 1 is 1.31 bits per heavy atom. The molecular formula is C21H29N3O2. The lowest BCUT2D eigenvalue weighted by molar-refractivity contribution is -0.121. The van der Waals surface area contributed by atoms with E-state index in [1.165, 1.54) is 25.8 Å². The Bertz CT molecular complexity index is 799. The van der Waals surface area contributed by atoms with Crippen LogP contribution in [0.15, 0.2) is 35.1 Å². The summed E-state index contributed by atoms with van der Waals surface area (Å²) in [6, 6.07) is 10.3. The first-order valence-corrected chi connectivity index (χ1v) is 9.75. The lowest BCUT2D eigenvalue weighted by atomic mass is 10.0. The fraction of sp³-hybridized carbons (Fsp3) is 0.524. The SMILES string of the molecule is C[C@H]1CCCCN1CCCNC(=O)CCc1cc2ccccc2[nH]c1=O. The Morgan fingerprint density at radius 2 is 2.15 bits per heavy atom. The molecule has 0 radical (unpaired) electrons. The molecule has 5 heteroatoms. The number of H-pyrrole nitrogens is 1. The molecule has 2 heterocycles. The molecule has 1 saturated heterocycles. The number of nitrogens with zero attached hydrogens (tertiary/aromatic N) is 1. The van der Waals surface area contributed by atoms with Gasteiger partial charge >= 0.3 is 0 Å². The van der Waals surface area contributed by atoms with E-state index in [0.717, 1.165) is 23.9 Å². The minimum absolute atomic E-state index is 0.0178. The van der Waals surface area contributed by atoms with Crippen molar-refractivity contribution in [2.24, 2.45) is 0 Å². The summed E-state index contributed by atoms with van der Waals surface area (Å²) in [5.74, 6) is 0.0178. The number of aryl methyl sites for hydroxylation is 1. The van der Waals surface area contributed by atoms with E-state index in [2.05, 4.69) is 22.1 Å². The van der Waals surface area contributed by atoms with Gasteiger partial charge in [-0.05, 0) is 56.7 Å². The Hall–Kier alpha value is -2.14. The fourth-order valence-corrected chi connectivity index (χ4v) is 3.71. The zero-order valence-corrected chi connectivity index (χ0v) is 15.6. The number of hydrogen-bond donors (Lipinski definition) is 2. The fourth-order valence-electron chi connectivity index (χ4n) is 3.71. The van der Waals surface area contributed by atoms with Gasteiger partial charge in [0.25, 0.3) is 5.56 Å². The van der Waals surface area contributed by atoms with Gasteiger partial charge in [-0.15, -0.1) is 0 Å². The predicted molar refractivity (Wildman–Crippen MR) is 105 cm³/mol. The average Bonchev–Trinajstić information content (AvgIpc) is 2.65. The molecule has 1 amide bonds. The number of likely N-dealkylation sites (tertiary alicyclic amines) is 1. The number of carbonyl (C=O) groups excluding carboxylic acids is 1. The van der Waals surface area contributed by atoms with Crippen LogP contribution in [0.1, 0.15) is 44.6 Å². The number of nitrogens with one attached hydrogen (secondary N) is 2. The quantitative estimate of drug-likeness (QED) is 0.751. The van der Waals surface area contributed by atoms with Crippen molar-refractivity contribution in [2.45, 2.75) is 51.5 Å². The van der Waals surface area contributed by atoms with E-state index < -0.39 is 0 Å². The van der Waals surface area contributed by atoms with Crippen LogP contribution in [0, 0.1) is 0 Å². The van der Waals surface area contributed by atoms with Gasteiger partial charge in [0.2, 0.25) is 5.91 Å². The van der Waals surface area contributed by atoms with Gasteiger partial charge in [0, 0.05) is 36.6 Å². The summed E-state index contributed by atoms with van der Waals surface area (Å²) in [4.78, 5) is 29.6. The lowest BCUT2D eigenvalue weighted by Crippen LogP contribution is -2.39. The first-order chi connectivity index (χ1) is 12.6. The third-order valence-electron chi connectivity index (χ3n) is 5.34. The van der Waals surface area contributed by atoms with Crippen LogP contribution in [-0.2, 0) is 11.2 Å². The van der Waals surface area contributed by atoms with Crippen molar-refractivity contribution in [2.75, 3.05) is 19.6 Å². The van der Waals surface area contributed by atoms with Crippen LogP contribution < -0.4 is 10.9 Å². The average molecular weight is 355 g/mol. The molecular weight excluding hydrogens is 326 g/mol. The number of amides is 1. The highest BCUT2D eigenvalue weighted by Gasteiger charge is 2.17. The molecule has 2 N–H and O–H groups in total. The highest BCUT2D eigenvalue weighted by Crippen LogP contribution is 2.16. The lowest BCUT2D eigenvalue weighted by Gasteiger charge is -2.33. The van der Waals surface area contributed by atoms with E-state index >= 15 is 0 Å². The van der Waals surface area contributed by atoms with E-state index in [0.29, 0.717) is 31.0 Å². The minimum atomic E-state index is -0.101. The Kier molecular flexibility index (Phi) is 6.45. The van der Waals surface area contributed by atoms with Gasteiger partial charge in [-0.2, -0.15) is 0 Å². The number of aromatic amines is 1. The molecule has 1 aliphatic heterocycles. The number of aromatic nitrogens is 1. The third kappa shape index (κ3) is 4.94. The van der Waals surface area contributed by atoms with Crippen LogP contribution in [0.3, 0.4) is 0 Å². The van der Waals surface area contributed by atoms with Gasteiger partial charge < -0.3 is 15.2 Å². The molecule has 1 atom stereocenters. The van der Waals surface area contributed by atoms with E-state index in [1.54, 1.807) is 0 Å². The van der Waals surface area contributed by atoms with Crippen molar-refractivity contribution < 1.29 is 4.79 Å². The van der Waals surface area contributed by atoms with E-state index in [4.69, 9.17) is 0 Å². The Balaban J connectivity index is 1.41. The number of carbonyl (C=O) groups is 1. The smallest absolute Gasteiger partial charge is 0.251 e. The molecule has 0 aliphatic carbocycles. The molecule has 0 saturated carbocycles. The third-order valence-corrected chi connectivity index (χ3v) is 5.34. The first kappa shape index (κ1) is 18.6. The number of para-hydroxylation sites is 1. The highest BCUT2D eigenvalue weighted by atomic mass is 16.1. The van der Waals surface area contributed by atoms with E-state index in [-0.39, 0.29) is 11.5 Å². The summed E-state index contributed by atoms with van der Waals surface area (Å²) in [5, 5.41) is 3.98. The van der Waals surface area contributed by atoms with Gasteiger partial charge in [0.15, 0.2) is 0 Å². The Labute approximate surface area is 154 Å². The summed E-state index contributed by atoms with van der Waals surface area (Å²) in [5.41, 5.74) is 1.40. The van der Waals surface area contributed by atoms with Gasteiger partial charge in [-0.25, -0.2) is 0 Å². The molecule has 1 aromatic heterocycles. The largest absolute Gasteiger partial charge is 0.356 e. The summed E-state index contributed by atoms with van der Waals surface area (Å²) in [6.45, 7) is 5.22. The monoisotopic (exact) mass is 355 g/mol. The second-order valence-corrected chi connectivity index (χ2v) is 7.30. The molecule has 3 rings (SSSR count). The molecule has 26 heavy (non-hydrogen) atoms. The first-order valence-electron chi connectivity index (χ1n) is 9.75. The number of rotatable bonds is 7. The normalized spacial score (nSPS) is 18.1. The Morgan fingerprint density at radius 3 is 3.00 bits per heavy atom. The van der Waals surface area contributed by atoms with Crippen molar-refractivity contribution >= 4 is 16.8 Å². The molecule has 0 spiro atoms. The number of piperidine rings is 1. The minimum Gasteiger partial charge on any atom is -0.356 e. The van der Waals surface area contributed by atoms with E-state index in [1.807, 2.05) is 30.3 Å². The summed E-state index contributed by atoms with van der Waals surface area (Å²) >= 11 is 0. The summed E-state index contributed by atoms with van der Waals surface area (Å²) in [7, 11) is 0. The standard InChI is InChI=1S/C21H29N3O2/c1-16-7-4-5-13-24(16)14-6-12-22-20(25)11-10-18-15-17-8-2-3-9-19(17)23-21(18)26/h2-3,8-9,15-16H,4-7,10-14H2,1H3,(H,22,25)(H,23,26)/t16-/m0/s1. The van der Waals surface area contributed by atoms with Gasteiger partial charge in [-0.3, -0.25) is 9.59 Å². The van der Waals surface area contributed by atoms with Crippen LogP contribution in [0.25, 0.3) is 10.9 Å². The second-order valence-electron chi connectivity index (χ2n) is 7.30. The zero-order valence-electron chi connectivity index (χ0n) is 15.6. The van der Waals surface area contributed by atoms with Gasteiger partial charge in [-0.1, -0.05) is 24.6 Å². The second kappa shape index (κ2) is 8.99. The molecule has 1 aliphatic rings. The van der Waals surface area contributed by atoms with E-state index in [9.17, 15) is 9.59 Å². The van der Waals surface area contributed by atoms with Crippen molar-refractivity contribution in [1.82, 2.24) is 15.2 Å².